The number of carbonyl (C=O) groups excluding carboxylic acids is 1. The average Bonchev–Trinajstić information content (AvgIpc) is 3.39. The second kappa shape index (κ2) is 7.51. The Morgan fingerprint density at radius 3 is 2.82 bits per heavy atom. The number of benzene rings is 1. The molecule has 3 heterocycles. The summed E-state index contributed by atoms with van der Waals surface area (Å²) in [5.41, 5.74) is 1.77. The van der Waals surface area contributed by atoms with Gasteiger partial charge in [0.1, 0.15) is 10.7 Å². The molecule has 1 aromatic carbocycles. The largest absolute Gasteiger partial charge is 0.351 e. The maximum absolute atomic E-state index is 12.8. The molecule has 0 bridgehead atoms. The van der Waals surface area contributed by atoms with Crippen molar-refractivity contribution in [3.8, 4) is 5.69 Å². The highest BCUT2D eigenvalue weighted by molar-refractivity contribution is 7.20. The van der Waals surface area contributed by atoms with E-state index < -0.39 is 6.55 Å². The second-order valence-corrected chi connectivity index (χ2v) is 7.23. The minimum absolute atomic E-state index is 0.223. The SMILES string of the molecule is Cc1nn(-c2ccccc2)c2sc(C(=O)NCCc3nccn3C(F)F)cc12. The number of halogens is 2. The number of para-hydroxylation sites is 1. The van der Waals surface area contributed by atoms with Crippen molar-refractivity contribution in [1.82, 2.24) is 24.6 Å². The van der Waals surface area contributed by atoms with E-state index in [9.17, 15) is 13.6 Å². The van der Waals surface area contributed by atoms with Crippen molar-refractivity contribution in [1.29, 1.82) is 0 Å². The summed E-state index contributed by atoms with van der Waals surface area (Å²) < 4.78 is 28.3. The lowest BCUT2D eigenvalue weighted by atomic mass is 10.3. The summed E-state index contributed by atoms with van der Waals surface area (Å²) in [6, 6.07) is 11.5. The third kappa shape index (κ3) is 3.40. The molecule has 0 atom stereocenters. The van der Waals surface area contributed by atoms with E-state index in [2.05, 4.69) is 15.4 Å². The maximum atomic E-state index is 12.8. The smallest absolute Gasteiger partial charge is 0.319 e. The fourth-order valence-corrected chi connectivity index (χ4v) is 4.09. The van der Waals surface area contributed by atoms with E-state index >= 15 is 0 Å². The van der Waals surface area contributed by atoms with Gasteiger partial charge in [0.15, 0.2) is 0 Å². The Hall–Kier alpha value is -3.07. The minimum atomic E-state index is -2.64. The van der Waals surface area contributed by atoms with Gasteiger partial charge in [0.2, 0.25) is 0 Å². The number of aromatic nitrogens is 4. The monoisotopic (exact) mass is 401 g/mol. The molecule has 1 amide bonds. The minimum Gasteiger partial charge on any atom is -0.351 e. The summed E-state index contributed by atoms with van der Waals surface area (Å²) >= 11 is 1.35. The summed E-state index contributed by atoms with van der Waals surface area (Å²) in [6.45, 7) is -0.513. The normalized spacial score (nSPS) is 11.4. The molecule has 4 rings (SSSR count). The van der Waals surface area contributed by atoms with Gasteiger partial charge in [0.25, 0.3) is 5.91 Å². The zero-order valence-electron chi connectivity index (χ0n) is 15.0. The van der Waals surface area contributed by atoms with E-state index in [1.807, 2.05) is 48.0 Å². The van der Waals surface area contributed by atoms with Crippen LogP contribution >= 0.6 is 11.3 Å². The number of amides is 1. The third-order valence-corrected chi connectivity index (χ3v) is 5.47. The number of thiophene rings is 1. The Kier molecular flexibility index (Phi) is 4.91. The van der Waals surface area contributed by atoms with Crippen molar-refractivity contribution in [2.45, 2.75) is 19.9 Å². The van der Waals surface area contributed by atoms with E-state index in [1.165, 1.54) is 23.7 Å². The Morgan fingerprint density at radius 2 is 2.07 bits per heavy atom. The van der Waals surface area contributed by atoms with Crippen molar-refractivity contribution in [3.05, 3.63) is 65.2 Å². The summed E-state index contributed by atoms with van der Waals surface area (Å²) in [6.07, 6.45) is 2.78. The number of aryl methyl sites for hydroxylation is 1. The van der Waals surface area contributed by atoms with Crippen LogP contribution in [0.5, 0.6) is 0 Å². The topological polar surface area (TPSA) is 64.7 Å². The Labute approximate surface area is 163 Å². The average molecular weight is 401 g/mol. The molecule has 0 radical (unpaired) electrons. The number of imidazole rings is 1. The zero-order valence-corrected chi connectivity index (χ0v) is 15.8. The Balaban J connectivity index is 1.50. The third-order valence-electron chi connectivity index (χ3n) is 4.36. The summed E-state index contributed by atoms with van der Waals surface area (Å²) in [5.74, 6) is -0.00225. The number of rotatable bonds is 6. The van der Waals surface area contributed by atoms with Crippen molar-refractivity contribution in [3.63, 3.8) is 0 Å². The van der Waals surface area contributed by atoms with Crippen LogP contribution in [0.15, 0.2) is 48.8 Å². The lowest BCUT2D eigenvalue weighted by Gasteiger charge is -2.07. The van der Waals surface area contributed by atoms with Gasteiger partial charge < -0.3 is 5.32 Å². The molecule has 0 spiro atoms. The predicted molar refractivity (Wildman–Crippen MR) is 103 cm³/mol. The Morgan fingerprint density at radius 1 is 1.29 bits per heavy atom. The second-order valence-electron chi connectivity index (χ2n) is 6.20. The van der Waals surface area contributed by atoms with Gasteiger partial charge in [0, 0.05) is 30.7 Å². The first-order valence-electron chi connectivity index (χ1n) is 8.67. The molecule has 3 aromatic heterocycles. The Bertz CT molecular complexity index is 1120. The zero-order chi connectivity index (χ0) is 19.7. The van der Waals surface area contributed by atoms with Gasteiger partial charge >= 0.3 is 6.55 Å². The van der Waals surface area contributed by atoms with Gasteiger partial charge in [-0.05, 0) is 25.1 Å². The van der Waals surface area contributed by atoms with Gasteiger partial charge in [0.05, 0.1) is 16.3 Å². The molecule has 0 aliphatic heterocycles. The van der Waals surface area contributed by atoms with Gasteiger partial charge in [-0.1, -0.05) is 18.2 Å². The van der Waals surface area contributed by atoms with E-state index in [1.54, 1.807) is 0 Å². The van der Waals surface area contributed by atoms with Gasteiger partial charge in [-0.3, -0.25) is 9.36 Å². The molecule has 0 unspecified atom stereocenters. The van der Waals surface area contributed by atoms with Crippen LogP contribution in [-0.4, -0.2) is 31.8 Å². The van der Waals surface area contributed by atoms with E-state index in [0.29, 0.717) is 4.88 Å². The van der Waals surface area contributed by atoms with Crippen molar-refractivity contribution in [2.75, 3.05) is 6.54 Å². The molecule has 0 fully saturated rings. The number of hydrogen-bond donors (Lipinski definition) is 1. The molecule has 1 N–H and O–H groups in total. The standard InChI is InChI=1S/C19H17F2N5OS/c1-12-14-11-15(28-18(14)26(24-12)13-5-3-2-4-6-13)17(27)23-8-7-16-22-9-10-25(16)19(20)21/h2-6,9-11,19H,7-8H2,1H3,(H,23,27). The van der Waals surface area contributed by atoms with Crippen LogP contribution in [0.3, 0.4) is 0 Å². The molecule has 144 valence electrons. The number of nitrogens with zero attached hydrogens (tertiary/aromatic N) is 4. The highest BCUT2D eigenvalue weighted by Crippen LogP contribution is 2.30. The molecular weight excluding hydrogens is 384 g/mol. The fourth-order valence-electron chi connectivity index (χ4n) is 2.99. The van der Waals surface area contributed by atoms with Crippen LogP contribution in [0.25, 0.3) is 15.9 Å². The highest BCUT2D eigenvalue weighted by Gasteiger charge is 2.17. The van der Waals surface area contributed by atoms with Crippen LogP contribution in [0.2, 0.25) is 0 Å². The number of nitrogens with one attached hydrogen (secondary N) is 1. The van der Waals surface area contributed by atoms with E-state index in [-0.39, 0.29) is 24.7 Å². The van der Waals surface area contributed by atoms with Crippen LogP contribution < -0.4 is 5.32 Å². The first-order chi connectivity index (χ1) is 13.5. The number of alkyl halides is 2. The first-order valence-corrected chi connectivity index (χ1v) is 9.49. The van der Waals surface area contributed by atoms with Crippen LogP contribution in [0.1, 0.15) is 27.7 Å². The maximum Gasteiger partial charge on any atom is 0.319 e. The first kappa shape index (κ1) is 18.3. The van der Waals surface area contributed by atoms with E-state index in [4.69, 9.17) is 0 Å². The molecule has 0 saturated heterocycles. The number of fused-ring (bicyclic) bond motifs is 1. The van der Waals surface area contributed by atoms with Gasteiger partial charge in [-0.2, -0.15) is 13.9 Å². The van der Waals surface area contributed by atoms with Gasteiger partial charge in [-0.25, -0.2) is 9.67 Å². The summed E-state index contributed by atoms with van der Waals surface area (Å²) in [7, 11) is 0. The molecule has 0 saturated carbocycles. The molecule has 0 aliphatic carbocycles. The lowest BCUT2D eigenvalue weighted by molar-refractivity contribution is 0.0670. The summed E-state index contributed by atoms with van der Waals surface area (Å²) in [4.78, 5) is 17.9. The number of hydrogen-bond acceptors (Lipinski definition) is 4. The van der Waals surface area contributed by atoms with Crippen LogP contribution in [0, 0.1) is 6.92 Å². The molecular formula is C19H17F2N5OS. The van der Waals surface area contributed by atoms with Crippen molar-refractivity contribution >= 4 is 27.5 Å². The number of carbonyl (C=O) groups is 1. The molecule has 9 heteroatoms. The molecule has 28 heavy (non-hydrogen) atoms. The molecule has 4 aromatic rings. The highest BCUT2D eigenvalue weighted by atomic mass is 32.1. The quantitative estimate of drug-likeness (QED) is 0.532. The van der Waals surface area contributed by atoms with E-state index in [0.717, 1.165) is 26.2 Å². The lowest BCUT2D eigenvalue weighted by Crippen LogP contribution is -2.25. The molecule has 0 aliphatic rings. The van der Waals surface area contributed by atoms with Crippen LogP contribution in [-0.2, 0) is 6.42 Å². The van der Waals surface area contributed by atoms with Crippen molar-refractivity contribution < 1.29 is 13.6 Å². The summed E-state index contributed by atoms with van der Waals surface area (Å²) in [5, 5.41) is 8.26. The predicted octanol–water partition coefficient (Wildman–Crippen LogP) is 3.96. The van der Waals surface area contributed by atoms with Crippen molar-refractivity contribution in [2.24, 2.45) is 0 Å². The fraction of sp³-hybridized carbons (Fsp3) is 0.211. The van der Waals surface area contributed by atoms with Crippen LogP contribution in [0.4, 0.5) is 8.78 Å². The molecule has 6 nitrogen and oxygen atoms in total. The van der Waals surface area contributed by atoms with Gasteiger partial charge in [-0.15, -0.1) is 11.3 Å².